The molecule has 0 spiro atoms. The first-order valence-electron chi connectivity index (χ1n) is 10.0. The molecule has 0 saturated carbocycles. The molecule has 2 heterocycles. The Kier molecular flexibility index (Phi) is 6.03. The van der Waals surface area contributed by atoms with Gasteiger partial charge in [0.15, 0.2) is 0 Å². The van der Waals surface area contributed by atoms with Crippen molar-refractivity contribution in [1.82, 2.24) is 14.9 Å². The summed E-state index contributed by atoms with van der Waals surface area (Å²) < 4.78 is 0. The molecule has 1 saturated heterocycles. The van der Waals surface area contributed by atoms with Crippen LogP contribution in [0.5, 0.6) is 0 Å². The molecule has 1 aliphatic rings. The number of nitrogens with one attached hydrogen (secondary N) is 2. The van der Waals surface area contributed by atoms with E-state index >= 15 is 0 Å². The van der Waals surface area contributed by atoms with Gasteiger partial charge in [-0.05, 0) is 57.0 Å². The molecule has 0 radical (unpaired) electrons. The van der Waals surface area contributed by atoms with Crippen LogP contribution >= 0.6 is 23.2 Å². The van der Waals surface area contributed by atoms with E-state index in [0.29, 0.717) is 34.3 Å². The molecule has 8 heteroatoms. The van der Waals surface area contributed by atoms with Crippen LogP contribution in [0.3, 0.4) is 0 Å². The number of aromatic amines is 1. The summed E-state index contributed by atoms with van der Waals surface area (Å²) in [7, 11) is 0. The molecular weight excluding hydrogens is 435 g/mol. The molecule has 2 aromatic carbocycles. The maximum absolute atomic E-state index is 13.0. The van der Waals surface area contributed by atoms with Crippen molar-refractivity contribution < 1.29 is 9.59 Å². The summed E-state index contributed by atoms with van der Waals surface area (Å²) in [5.41, 5.74) is 3.85. The van der Waals surface area contributed by atoms with E-state index in [2.05, 4.69) is 15.3 Å². The molecule has 2 N–H and O–H groups in total. The van der Waals surface area contributed by atoms with Crippen LogP contribution in [0.25, 0.3) is 11.4 Å². The third-order valence-electron chi connectivity index (χ3n) is 5.46. The van der Waals surface area contributed by atoms with Crippen LogP contribution in [0.15, 0.2) is 42.5 Å². The summed E-state index contributed by atoms with van der Waals surface area (Å²) in [6, 6.07) is 11.6. The van der Waals surface area contributed by atoms with Crippen LogP contribution in [-0.4, -0.2) is 39.3 Å². The SMILES string of the molecule is Cc1nc(-c2cccc(NC(=O)[C@H]3CCCN3C(=O)c3cc(Cl)cc(Cl)c3)c2)[nH]c1C. The van der Waals surface area contributed by atoms with Crippen LogP contribution in [0.2, 0.25) is 10.0 Å². The van der Waals surface area contributed by atoms with E-state index in [9.17, 15) is 9.59 Å². The van der Waals surface area contributed by atoms with E-state index in [4.69, 9.17) is 23.2 Å². The number of benzene rings is 2. The van der Waals surface area contributed by atoms with Crippen molar-refractivity contribution in [3.8, 4) is 11.4 Å². The Morgan fingerprint density at radius 1 is 1.13 bits per heavy atom. The highest BCUT2D eigenvalue weighted by atomic mass is 35.5. The van der Waals surface area contributed by atoms with Crippen LogP contribution in [0, 0.1) is 13.8 Å². The number of aromatic nitrogens is 2. The van der Waals surface area contributed by atoms with Crippen LogP contribution < -0.4 is 5.32 Å². The standard InChI is InChI=1S/C23H22Cl2N4O2/c1-13-14(2)27-21(26-13)15-5-3-6-19(11-15)28-22(30)20-7-4-8-29(20)23(31)16-9-17(24)12-18(25)10-16/h3,5-6,9-12,20H,4,7-8H2,1-2H3,(H,26,27)(H,28,30)/t20-/m1/s1. The maximum Gasteiger partial charge on any atom is 0.254 e. The fourth-order valence-electron chi connectivity index (χ4n) is 3.78. The first-order chi connectivity index (χ1) is 14.8. The van der Waals surface area contributed by atoms with Gasteiger partial charge >= 0.3 is 0 Å². The van der Waals surface area contributed by atoms with Crippen LogP contribution in [0.4, 0.5) is 5.69 Å². The Morgan fingerprint density at radius 2 is 1.87 bits per heavy atom. The van der Waals surface area contributed by atoms with Crippen LogP contribution in [0.1, 0.15) is 34.6 Å². The van der Waals surface area contributed by atoms with Gasteiger partial charge in [0.1, 0.15) is 11.9 Å². The number of aryl methyl sites for hydroxylation is 2. The molecule has 0 bridgehead atoms. The number of likely N-dealkylation sites (tertiary alicyclic amines) is 1. The lowest BCUT2D eigenvalue weighted by Gasteiger charge is -2.24. The first-order valence-corrected chi connectivity index (χ1v) is 10.8. The number of rotatable bonds is 4. The summed E-state index contributed by atoms with van der Waals surface area (Å²) in [5.74, 6) is 0.280. The number of imidazole rings is 1. The quantitative estimate of drug-likeness (QED) is 0.562. The largest absolute Gasteiger partial charge is 0.342 e. The maximum atomic E-state index is 13.0. The number of carbonyl (C=O) groups is 2. The minimum Gasteiger partial charge on any atom is -0.342 e. The summed E-state index contributed by atoms with van der Waals surface area (Å²) in [6.45, 7) is 4.42. The van der Waals surface area contributed by atoms with E-state index in [1.807, 2.05) is 38.1 Å². The van der Waals surface area contributed by atoms with Gasteiger partial charge in [0, 0.05) is 39.1 Å². The fourth-order valence-corrected chi connectivity index (χ4v) is 4.31. The molecule has 1 atom stereocenters. The second-order valence-electron chi connectivity index (χ2n) is 7.68. The number of hydrogen-bond donors (Lipinski definition) is 2. The van der Waals surface area contributed by atoms with Gasteiger partial charge in [-0.2, -0.15) is 0 Å². The lowest BCUT2D eigenvalue weighted by molar-refractivity contribution is -0.119. The molecule has 160 valence electrons. The van der Waals surface area contributed by atoms with Gasteiger partial charge in [-0.3, -0.25) is 9.59 Å². The first kappa shape index (κ1) is 21.4. The van der Waals surface area contributed by atoms with Crippen molar-refractivity contribution in [1.29, 1.82) is 0 Å². The Hall–Kier alpha value is -2.83. The third-order valence-corrected chi connectivity index (χ3v) is 5.89. The van der Waals surface area contributed by atoms with Crippen LogP contribution in [-0.2, 0) is 4.79 Å². The molecule has 6 nitrogen and oxygen atoms in total. The lowest BCUT2D eigenvalue weighted by atomic mass is 10.1. The van der Waals surface area contributed by atoms with Gasteiger partial charge in [0.25, 0.3) is 5.91 Å². The highest BCUT2D eigenvalue weighted by molar-refractivity contribution is 6.35. The predicted molar refractivity (Wildman–Crippen MR) is 123 cm³/mol. The number of carbonyl (C=O) groups excluding carboxylic acids is 2. The molecule has 3 aromatic rings. The summed E-state index contributed by atoms with van der Waals surface area (Å²) in [5, 5.41) is 3.72. The van der Waals surface area contributed by atoms with E-state index in [-0.39, 0.29) is 11.8 Å². The number of H-pyrrole nitrogens is 1. The highest BCUT2D eigenvalue weighted by Gasteiger charge is 2.34. The summed E-state index contributed by atoms with van der Waals surface area (Å²) in [6.07, 6.45) is 1.35. The van der Waals surface area contributed by atoms with Gasteiger partial charge < -0.3 is 15.2 Å². The number of nitrogens with zero attached hydrogens (tertiary/aromatic N) is 2. The molecule has 1 aromatic heterocycles. The topological polar surface area (TPSA) is 78.1 Å². The van der Waals surface area contributed by atoms with Gasteiger partial charge in [0.05, 0.1) is 5.69 Å². The normalized spacial score (nSPS) is 15.9. The number of amides is 2. The number of halogens is 2. The monoisotopic (exact) mass is 456 g/mol. The molecule has 1 fully saturated rings. The van der Waals surface area contributed by atoms with Gasteiger partial charge in [-0.25, -0.2) is 4.98 Å². The zero-order chi connectivity index (χ0) is 22.1. The average Bonchev–Trinajstić information content (AvgIpc) is 3.34. The average molecular weight is 457 g/mol. The van der Waals surface area contributed by atoms with Crippen molar-refractivity contribution in [3.63, 3.8) is 0 Å². The van der Waals surface area contributed by atoms with E-state index < -0.39 is 6.04 Å². The number of anilines is 1. The minimum absolute atomic E-state index is 0.220. The third kappa shape index (κ3) is 4.60. The van der Waals surface area contributed by atoms with Crippen molar-refractivity contribution >= 4 is 40.7 Å². The smallest absolute Gasteiger partial charge is 0.254 e. The van der Waals surface area contributed by atoms with E-state index in [1.165, 1.54) is 0 Å². The molecule has 1 aliphatic heterocycles. The fraction of sp³-hybridized carbons (Fsp3) is 0.261. The molecule has 2 amide bonds. The highest BCUT2D eigenvalue weighted by Crippen LogP contribution is 2.26. The van der Waals surface area contributed by atoms with Crippen molar-refractivity contribution in [3.05, 3.63) is 69.5 Å². The minimum atomic E-state index is -0.554. The Balaban J connectivity index is 1.51. The molecule has 31 heavy (non-hydrogen) atoms. The Bertz CT molecular complexity index is 1120. The zero-order valence-corrected chi connectivity index (χ0v) is 18.7. The predicted octanol–water partition coefficient (Wildman–Crippen LogP) is 5.24. The second kappa shape index (κ2) is 8.73. The van der Waals surface area contributed by atoms with Gasteiger partial charge in [-0.15, -0.1) is 0 Å². The number of hydrogen-bond acceptors (Lipinski definition) is 3. The van der Waals surface area contributed by atoms with E-state index in [0.717, 1.165) is 29.2 Å². The van der Waals surface area contributed by atoms with Crippen molar-refractivity contribution in [2.24, 2.45) is 0 Å². The summed E-state index contributed by atoms with van der Waals surface area (Å²) >= 11 is 12.1. The molecule has 0 aliphatic carbocycles. The molecular formula is C23H22Cl2N4O2. The van der Waals surface area contributed by atoms with Gasteiger partial charge in [-0.1, -0.05) is 35.3 Å². The van der Waals surface area contributed by atoms with E-state index in [1.54, 1.807) is 23.1 Å². The Morgan fingerprint density at radius 3 is 2.55 bits per heavy atom. The van der Waals surface area contributed by atoms with Gasteiger partial charge in [0.2, 0.25) is 5.91 Å². The second-order valence-corrected chi connectivity index (χ2v) is 8.55. The van der Waals surface area contributed by atoms with Crippen molar-refractivity contribution in [2.75, 3.05) is 11.9 Å². The Labute approximate surface area is 190 Å². The summed E-state index contributed by atoms with van der Waals surface area (Å²) in [4.78, 5) is 35.4. The molecule has 4 rings (SSSR count). The van der Waals surface area contributed by atoms with Crippen molar-refractivity contribution in [2.45, 2.75) is 32.7 Å². The zero-order valence-electron chi connectivity index (χ0n) is 17.2. The molecule has 0 unspecified atom stereocenters. The lowest BCUT2D eigenvalue weighted by Crippen LogP contribution is -2.43.